The molecule has 1 aliphatic carbocycles. The van der Waals surface area contributed by atoms with E-state index in [0.717, 1.165) is 19.3 Å². The van der Waals surface area contributed by atoms with E-state index in [4.69, 9.17) is 0 Å². The molecule has 158 valence electrons. The Hall–Kier alpha value is -1.93. The van der Waals surface area contributed by atoms with Gasteiger partial charge >= 0.3 is 0 Å². The van der Waals surface area contributed by atoms with Crippen molar-refractivity contribution in [2.45, 2.75) is 51.0 Å². The number of piperazine rings is 1. The molecule has 0 aromatic heterocycles. The van der Waals surface area contributed by atoms with Crippen molar-refractivity contribution in [3.05, 3.63) is 29.8 Å². The van der Waals surface area contributed by atoms with Crippen molar-refractivity contribution < 1.29 is 18.0 Å². The molecule has 2 amide bonds. The van der Waals surface area contributed by atoms with Crippen LogP contribution in [0.4, 0.5) is 0 Å². The van der Waals surface area contributed by atoms with Crippen LogP contribution >= 0.6 is 0 Å². The summed E-state index contributed by atoms with van der Waals surface area (Å²) < 4.78 is 28.6. The number of hydrogen-bond acceptors (Lipinski definition) is 4. The lowest BCUT2D eigenvalue weighted by atomic mass is 9.65. The minimum atomic E-state index is -3.70. The zero-order valence-electron chi connectivity index (χ0n) is 17.3. The molecule has 8 heteroatoms. The molecule has 2 aliphatic heterocycles. The largest absolute Gasteiger partial charge is 0.353 e. The van der Waals surface area contributed by atoms with Crippen molar-refractivity contribution in [2.75, 3.05) is 26.2 Å². The van der Waals surface area contributed by atoms with E-state index in [1.54, 1.807) is 22.5 Å². The van der Waals surface area contributed by atoms with Gasteiger partial charge in [0.1, 0.15) is 0 Å². The molecule has 4 rings (SSSR count). The van der Waals surface area contributed by atoms with Gasteiger partial charge in [-0.15, -0.1) is 0 Å². The van der Waals surface area contributed by atoms with Crippen molar-refractivity contribution in [1.29, 1.82) is 0 Å². The second kappa shape index (κ2) is 6.80. The first-order valence-electron chi connectivity index (χ1n) is 10.2. The molecule has 2 atom stereocenters. The maximum atomic E-state index is 13.5. The van der Waals surface area contributed by atoms with E-state index in [0.29, 0.717) is 25.2 Å². The topological polar surface area (TPSA) is 86.8 Å². The molecule has 0 radical (unpaired) electrons. The highest BCUT2D eigenvalue weighted by Crippen LogP contribution is 2.53. The molecule has 1 saturated carbocycles. The third kappa shape index (κ3) is 3.80. The molecule has 7 nitrogen and oxygen atoms in total. The SMILES string of the molecule is CC1(C)CC2CC(C)(CN2S(=O)(=O)c2cccc(C(=O)N3CCNC(=O)C3)c2)C1. The number of hydrogen-bond donors (Lipinski definition) is 1. The van der Waals surface area contributed by atoms with Gasteiger partial charge in [0.25, 0.3) is 5.91 Å². The molecular weight excluding hydrogens is 390 g/mol. The highest BCUT2D eigenvalue weighted by atomic mass is 32.2. The summed E-state index contributed by atoms with van der Waals surface area (Å²) in [6.45, 7) is 7.95. The Morgan fingerprint density at radius 1 is 1.21 bits per heavy atom. The van der Waals surface area contributed by atoms with Crippen molar-refractivity contribution in [3.8, 4) is 0 Å². The van der Waals surface area contributed by atoms with Crippen LogP contribution < -0.4 is 5.32 Å². The van der Waals surface area contributed by atoms with E-state index >= 15 is 0 Å². The van der Waals surface area contributed by atoms with Crippen LogP contribution in [0.2, 0.25) is 0 Å². The van der Waals surface area contributed by atoms with Gasteiger partial charge in [0.2, 0.25) is 15.9 Å². The number of carbonyl (C=O) groups is 2. The lowest BCUT2D eigenvalue weighted by Gasteiger charge is -2.39. The van der Waals surface area contributed by atoms with Gasteiger partial charge in [-0.2, -0.15) is 4.31 Å². The number of nitrogens with one attached hydrogen (secondary N) is 1. The number of sulfonamides is 1. The summed E-state index contributed by atoms with van der Waals surface area (Å²) in [6, 6.07) is 6.24. The molecule has 2 heterocycles. The third-order valence-electron chi connectivity index (χ3n) is 6.38. The van der Waals surface area contributed by atoms with Gasteiger partial charge < -0.3 is 10.2 Å². The van der Waals surface area contributed by atoms with Gasteiger partial charge in [0.15, 0.2) is 0 Å². The van der Waals surface area contributed by atoms with Gasteiger partial charge in [-0.1, -0.05) is 26.8 Å². The molecule has 2 bridgehead atoms. The minimum Gasteiger partial charge on any atom is -0.353 e. The molecular formula is C21H29N3O4S. The second-order valence-corrected chi connectivity index (χ2v) is 11.8. The molecule has 2 unspecified atom stereocenters. The number of fused-ring (bicyclic) bond motifs is 2. The van der Waals surface area contributed by atoms with E-state index in [9.17, 15) is 18.0 Å². The summed E-state index contributed by atoms with van der Waals surface area (Å²) in [7, 11) is -3.70. The number of rotatable bonds is 3. The lowest BCUT2D eigenvalue weighted by molar-refractivity contribution is -0.123. The molecule has 29 heavy (non-hydrogen) atoms. The standard InChI is InChI=1S/C21H29N3O4S/c1-20(2)10-16-11-21(3,13-20)14-24(16)29(27,28)17-6-4-5-15(9-17)19(26)23-8-7-22-18(25)12-23/h4-6,9,16H,7-8,10-14H2,1-3H3,(H,22,25). The summed E-state index contributed by atoms with van der Waals surface area (Å²) in [5, 5.41) is 2.69. The van der Waals surface area contributed by atoms with Crippen LogP contribution in [-0.2, 0) is 14.8 Å². The Balaban J connectivity index is 1.61. The van der Waals surface area contributed by atoms with E-state index in [1.165, 1.54) is 11.0 Å². The first kappa shape index (κ1) is 20.3. The van der Waals surface area contributed by atoms with Crippen LogP contribution in [0.25, 0.3) is 0 Å². The minimum absolute atomic E-state index is 0.00102. The van der Waals surface area contributed by atoms with Crippen molar-refractivity contribution >= 4 is 21.8 Å². The first-order valence-corrected chi connectivity index (χ1v) is 11.6. The predicted octanol–water partition coefficient (Wildman–Crippen LogP) is 1.85. The van der Waals surface area contributed by atoms with Crippen molar-refractivity contribution in [1.82, 2.24) is 14.5 Å². The van der Waals surface area contributed by atoms with Crippen molar-refractivity contribution in [3.63, 3.8) is 0 Å². The Morgan fingerprint density at radius 3 is 2.69 bits per heavy atom. The normalized spacial score (nSPS) is 29.6. The summed E-state index contributed by atoms with van der Waals surface area (Å²) in [5.74, 6) is -0.515. The molecule has 3 fully saturated rings. The van der Waals surface area contributed by atoms with E-state index < -0.39 is 10.0 Å². The lowest BCUT2D eigenvalue weighted by Crippen LogP contribution is -2.50. The maximum absolute atomic E-state index is 13.5. The number of benzene rings is 1. The highest BCUT2D eigenvalue weighted by molar-refractivity contribution is 7.89. The molecule has 1 aromatic carbocycles. The summed E-state index contributed by atoms with van der Waals surface area (Å²) >= 11 is 0. The summed E-state index contributed by atoms with van der Waals surface area (Å²) in [6.07, 6.45) is 2.75. The maximum Gasteiger partial charge on any atom is 0.254 e. The van der Waals surface area contributed by atoms with E-state index in [2.05, 4.69) is 26.1 Å². The average Bonchev–Trinajstić information content (AvgIpc) is 2.90. The number of nitrogens with zero attached hydrogens (tertiary/aromatic N) is 2. The average molecular weight is 420 g/mol. The Bertz CT molecular complexity index is 958. The van der Waals surface area contributed by atoms with Crippen LogP contribution in [0.1, 0.15) is 50.4 Å². The molecule has 1 N–H and O–H groups in total. The van der Waals surface area contributed by atoms with Crippen LogP contribution in [0.15, 0.2) is 29.2 Å². The third-order valence-corrected chi connectivity index (χ3v) is 8.27. The molecule has 0 spiro atoms. The van der Waals surface area contributed by atoms with E-state index in [-0.39, 0.29) is 40.1 Å². The van der Waals surface area contributed by atoms with Crippen molar-refractivity contribution in [2.24, 2.45) is 10.8 Å². The van der Waals surface area contributed by atoms with E-state index in [1.807, 2.05) is 0 Å². The van der Waals surface area contributed by atoms with Crippen LogP contribution in [0.5, 0.6) is 0 Å². The Kier molecular flexibility index (Phi) is 4.77. The highest BCUT2D eigenvalue weighted by Gasteiger charge is 2.53. The van der Waals surface area contributed by atoms with Gasteiger partial charge in [0.05, 0.1) is 11.4 Å². The molecule has 2 saturated heterocycles. The number of amides is 2. The molecule has 3 aliphatic rings. The molecule has 1 aromatic rings. The number of carbonyl (C=O) groups excluding carboxylic acids is 2. The smallest absolute Gasteiger partial charge is 0.254 e. The first-order chi connectivity index (χ1) is 13.5. The Morgan fingerprint density at radius 2 is 1.97 bits per heavy atom. The monoisotopic (exact) mass is 419 g/mol. The quantitative estimate of drug-likeness (QED) is 0.810. The van der Waals surface area contributed by atoms with Crippen LogP contribution in [0, 0.1) is 10.8 Å². The second-order valence-electron chi connectivity index (χ2n) is 9.87. The van der Waals surface area contributed by atoms with Crippen LogP contribution in [-0.4, -0.2) is 61.7 Å². The van der Waals surface area contributed by atoms with Gasteiger partial charge in [-0.25, -0.2) is 8.42 Å². The fourth-order valence-corrected chi connectivity index (χ4v) is 7.43. The zero-order chi connectivity index (χ0) is 21.0. The summed E-state index contributed by atoms with van der Waals surface area (Å²) in [4.78, 5) is 26.0. The fourth-order valence-electron chi connectivity index (χ4n) is 5.61. The Labute approximate surface area is 172 Å². The zero-order valence-corrected chi connectivity index (χ0v) is 18.1. The van der Waals surface area contributed by atoms with Gasteiger partial charge in [0, 0.05) is 31.2 Å². The summed E-state index contributed by atoms with van der Waals surface area (Å²) in [5.41, 5.74) is 0.414. The predicted molar refractivity (Wildman–Crippen MR) is 109 cm³/mol. The van der Waals surface area contributed by atoms with Crippen LogP contribution in [0.3, 0.4) is 0 Å². The van der Waals surface area contributed by atoms with Gasteiger partial charge in [-0.3, -0.25) is 9.59 Å². The van der Waals surface area contributed by atoms with Gasteiger partial charge in [-0.05, 0) is 48.3 Å². The fraction of sp³-hybridized carbons (Fsp3) is 0.619.